The highest BCUT2D eigenvalue weighted by molar-refractivity contribution is 9.10. The van der Waals surface area contributed by atoms with Crippen LogP contribution in [0.3, 0.4) is 0 Å². The highest BCUT2D eigenvalue weighted by atomic mass is 79.9. The first-order chi connectivity index (χ1) is 9.10. The van der Waals surface area contributed by atoms with E-state index in [0.29, 0.717) is 11.4 Å². The van der Waals surface area contributed by atoms with Crippen molar-refractivity contribution in [3.8, 4) is 5.75 Å². The van der Waals surface area contributed by atoms with Crippen LogP contribution < -0.4 is 4.74 Å². The van der Waals surface area contributed by atoms with Gasteiger partial charge in [-0.3, -0.25) is 0 Å². The molecule has 4 heteroatoms. The molecule has 0 fully saturated rings. The molecule has 0 aliphatic carbocycles. The van der Waals surface area contributed by atoms with Gasteiger partial charge in [-0.2, -0.15) is 0 Å². The number of ether oxygens (including phenoxy) is 1. The summed E-state index contributed by atoms with van der Waals surface area (Å²) in [4.78, 5) is 0. The van der Waals surface area contributed by atoms with Crippen molar-refractivity contribution in [1.82, 2.24) is 0 Å². The molecule has 0 spiro atoms. The van der Waals surface area contributed by atoms with Gasteiger partial charge in [0.25, 0.3) is 0 Å². The molecule has 0 bridgehead atoms. The Labute approximate surface area is 126 Å². The van der Waals surface area contributed by atoms with Crippen LogP contribution in [0.2, 0.25) is 5.02 Å². The van der Waals surface area contributed by atoms with E-state index in [9.17, 15) is 5.11 Å². The summed E-state index contributed by atoms with van der Waals surface area (Å²) in [6.45, 7) is 0. The van der Waals surface area contributed by atoms with Crippen LogP contribution in [0.5, 0.6) is 5.75 Å². The Hall–Kier alpha value is -1.03. The lowest BCUT2D eigenvalue weighted by Crippen LogP contribution is -2.02. The van der Waals surface area contributed by atoms with Crippen molar-refractivity contribution in [2.45, 2.75) is 12.5 Å². The molecular weight excluding hydrogens is 328 g/mol. The van der Waals surface area contributed by atoms with Crippen molar-refractivity contribution < 1.29 is 9.84 Å². The van der Waals surface area contributed by atoms with Gasteiger partial charge in [-0.15, -0.1) is 0 Å². The quantitative estimate of drug-likeness (QED) is 0.894. The lowest BCUT2D eigenvalue weighted by atomic mass is 10.0. The molecule has 0 aromatic heterocycles. The first-order valence-electron chi connectivity index (χ1n) is 5.86. The molecule has 0 aliphatic heterocycles. The van der Waals surface area contributed by atoms with E-state index in [1.165, 1.54) is 0 Å². The van der Waals surface area contributed by atoms with Crippen molar-refractivity contribution in [3.63, 3.8) is 0 Å². The first kappa shape index (κ1) is 14.4. The summed E-state index contributed by atoms with van der Waals surface area (Å²) < 4.78 is 6.00. The molecule has 19 heavy (non-hydrogen) atoms. The zero-order valence-electron chi connectivity index (χ0n) is 10.4. The third-order valence-electron chi connectivity index (χ3n) is 2.91. The van der Waals surface area contributed by atoms with Crippen LogP contribution in [0.4, 0.5) is 0 Å². The van der Waals surface area contributed by atoms with Crippen LogP contribution in [-0.4, -0.2) is 12.2 Å². The maximum Gasteiger partial charge on any atom is 0.118 e. The smallest absolute Gasteiger partial charge is 0.118 e. The van der Waals surface area contributed by atoms with Gasteiger partial charge < -0.3 is 9.84 Å². The number of hydrogen-bond acceptors (Lipinski definition) is 2. The molecule has 2 aromatic carbocycles. The van der Waals surface area contributed by atoms with Crippen molar-refractivity contribution in [2.24, 2.45) is 0 Å². The molecule has 0 amide bonds. The Balaban J connectivity index is 2.13. The number of rotatable bonds is 4. The molecule has 0 heterocycles. The predicted molar refractivity (Wildman–Crippen MR) is 80.8 cm³/mol. The molecule has 1 unspecified atom stereocenters. The monoisotopic (exact) mass is 340 g/mol. The lowest BCUT2D eigenvalue weighted by molar-refractivity contribution is 0.178. The van der Waals surface area contributed by atoms with E-state index < -0.39 is 6.10 Å². The van der Waals surface area contributed by atoms with Gasteiger partial charge >= 0.3 is 0 Å². The van der Waals surface area contributed by atoms with Crippen LogP contribution in [0.15, 0.2) is 46.9 Å². The normalized spacial score (nSPS) is 12.2. The zero-order chi connectivity index (χ0) is 13.8. The molecular formula is C15H14BrClO2. The summed E-state index contributed by atoms with van der Waals surface area (Å²) >= 11 is 9.48. The van der Waals surface area contributed by atoms with Crippen LogP contribution in [-0.2, 0) is 6.42 Å². The molecule has 0 aliphatic rings. The minimum Gasteiger partial charge on any atom is -0.497 e. The average Bonchev–Trinajstić information content (AvgIpc) is 2.39. The fraction of sp³-hybridized carbons (Fsp3) is 0.200. The second kappa shape index (κ2) is 6.42. The molecule has 1 N–H and O–H groups in total. The van der Waals surface area contributed by atoms with Gasteiger partial charge in [-0.05, 0) is 35.4 Å². The van der Waals surface area contributed by atoms with E-state index >= 15 is 0 Å². The maximum atomic E-state index is 10.2. The van der Waals surface area contributed by atoms with Crippen LogP contribution in [0.25, 0.3) is 0 Å². The van der Waals surface area contributed by atoms with Gasteiger partial charge in [0.2, 0.25) is 0 Å². The van der Waals surface area contributed by atoms with Gasteiger partial charge in [-0.25, -0.2) is 0 Å². The van der Waals surface area contributed by atoms with Gasteiger partial charge in [0.05, 0.1) is 13.2 Å². The van der Waals surface area contributed by atoms with Gasteiger partial charge in [0, 0.05) is 15.9 Å². The largest absolute Gasteiger partial charge is 0.497 e. The van der Waals surface area contributed by atoms with Crippen molar-refractivity contribution in [1.29, 1.82) is 0 Å². The molecule has 1 atom stereocenters. The van der Waals surface area contributed by atoms with E-state index in [1.807, 2.05) is 36.4 Å². The third kappa shape index (κ3) is 3.72. The minimum atomic E-state index is -0.617. The number of halogens is 2. The summed E-state index contributed by atoms with van der Waals surface area (Å²) in [5.41, 5.74) is 1.77. The highest BCUT2D eigenvalue weighted by Crippen LogP contribution is 2.28. The van der Waals surface area contributed by atoms with Crippen molar-refractivity contribution in [2.75, 3.05) is 7.11 Å². The fourth-order valence-electron chi connectivity index (χ4n) is 1.87. The second-order valence-corrected chi connectivity index (χ2v) is 5.56. The van der Waals surface area contributed by atoms with E-state index in [0.717, 1.165) is 21.3 Å². The molecule has 2 nitrogen and oxygen atoms in total. The Kier molecular flexibility index (Phi) is 4.86. The van der Waals surface area contributed by atoms with E-state index in [-0.39, 0.29) is 0 Å². The van der Waals surface area contributed by atoms with E-state index in [1.54, 1.807) is 13.2 Å². The van der Waals surface area contributed by atoms with Gasteiger partial charge in [0.15, 0.2) is 0 Å². The Bertz CT molecular complexity index is 555. The van der Waals surface area contributed by atoms with E-state index in [4.69, 9.17) is 16.3 Å². The lowest BCUT2D eigenvalue weighted by Gasteiger charge is -2.13. The highest BCUT2D eigenvalue weighted by Gasteiger charge is 2.12. The zero-order valence-corrected chi connectivity index (χ0v) is 12.8. The maximum absolute atomic E-state index is 10.2. The Morgan fingerprint density at radius 1 is 1.21 bits per heavy atom. The SMILES string of the molecule is COc1ccc(CC(O)c2ccc(Br)cc2Cl)cc1. The van der Waals surface area contributed by atoms with Gasteiger partial charge in [0.1, 0.15) is 5.75 Å². The third-order valence-corrected chi connectivity index (χ3v) is 3.73. The molecule has 2 rings (SSSR count). The summed E-state index contributed by atoms with van der Waals surface area (Å²) in [5.74, 6) is 0.805. The van der Waals surface area contributed by atoms with Gasteiger partial charge in [-0.1, -0.05) is 45.7 Å². The molecule has 0 radical (unpaired) electrons. The standard InChI is InChI=1S/C15H14BrClO2/c1-19-12-5-2-10(3-6-12)8-15(18)13-7-4-11(16)9-14(13)17/h2-7,9,15,18H,8H2,1H3. The van der Waals surface area contributed by atoms with Crippen molar-refractivity contribution >= 4 is 27.5 Å². The summed E-state index contributed by atoms with van der Waals surface area (Å²) in [5, 5.41) is 10.8. The summed E-state index contributed by atoms with van der Waals surface area (Å²) in [6.07, 6.45) is -0.0975. The topological polar surface area (TPSA) is 29.5 Å². The Morgan fingerprint density at radius 3 is 2.47 bits per heavy atom. The number of methoxy groups -OCH3 is 1. The van der Waals surface area contributed by atoms with Crippen LogP contribution in [0, 0.1) is 0 Å². The molecule has 2 aromatic rings. The fourth-order valence-corrected chi connectivity index (χ4v) is 2.67. The second-order valence-electron chi connectivity index (χ2n) is 4.23. The summed E-state index contributed by atoms with van der Waals surface area (Å²) in [7, 11) is 1.63. The van der Waals surface area contributed by atoms with Crippen LogP contribution >= 0.6 is 27.5 Å². The molecule has 100 valence electrons. The minimum absolute atomic E-state index is 0.519. The van der Waals surface area contributed by atoms with Crippen molar-refractivity contribution in [3.05, 3.63) is 63.1 Å². The molecule has 0 saturated heterocycles. The number of hydrogen-bond donors (Lipinski definition) is 1. The number of benzene rings is 2. The average molecular weight is 342 g/mol. The molecule has 0 saturated carbocycles. The first-order valence-corrected chi connectivity index (χ1v) is 7.03. The number of aliphatic hydroxyl groups is 1. The number of aliphatic hydroxyl groups excluding tert-OH is 1. The Morgan fingerprint density at radius 2 is 1.89 bits per heavy atom. The summed E-state index contributed by atoms with van der Waals surface area (Å²) in [6, 6.07) is 13.1. The van der Waals surface area contributed by atoms with Crippen LogP contribution in [0.1, 0.15) is 17.2 Å². The van der Waals surface area contributed by atoms with E-state index in [2.05, 4.69) is 15.9 Å². The predicted octanol–water partition coefficient (Wildman–Crippen LogP) is 4.39.